The molecule has 0 radical (unpaired) electrons. The molecular formula is C24H25N3O4. The van der Waals surface area contributed by atoms with Gasteiger partial charge in [-0.3, -0.25) is 4.79 Å². The summed E-state index contributed by atoms with van der Waals surface area (Å²) in [5.74, 6) is 1.71. The fourth-order valence-corrected chi connectivity index (χ4v) is 3.76. The smallest absolute Gasteiger partial charge is 0.211 e. The summed E-state index contributed by atoms with van der Waals surface area (Å²) < 4.78 is 18.3. The maximum Gasteiger partial charge on any atom is 0.211 e. The van der Waals surface area contributed by atoms with Crippen LogP contribution in [0.2, 0.25) is 0 Å². The van der Waals surface area contributed by atoms with E-state index >= 15 is 0 Å². The molecule has 0 bridgehead atoms. The number of fused-ring (bicyclic) bond motifs is 1. The molecule has 160 valence electrons. The molecule has 7 heteroatoms. The lowest BCUT2D eigenvalue weighted by molar-refractivity contribution is 0.103. The Morgan fingerprint density at radius 3 is 2.32 bits per heavy atom. The van der Waals surface area contributed by atoms with Gasteiger partial charge in [-0.05, 0) is 32.0 Å². The van der Waals surface area contributed by atoms with Gasteiger partial charge in [-0.1, -0.05) is 18.2 Å². The van der Waals surface area contributed by atoms with E-state index in [9.17, 15) is 4.79 Å². The van der Waals surface area contributed by atoms with E-state index in [0.717, 1.165) is 16.5 Å². The van der Waals surface area contributed by atoms with Gasteiger partial charge in [0.2, 0.25) is 11.5 Å². The number of hydrogen-bond acceptors (Lipinski definition) is 5. The SMILES string of the molecule is COc1cc(C(=O)c2cnc(-c3cn(C(C)C)c4ccccc34)[nH]2)cc(OC)c1OC. The molecule has 0 aliphatic carbocycles. The van der Waals surface area contributed by atoms with Gasteiger partial charge < -0.3 is 23.8 Å². The summed E-state index contributed by atoms with van der Waals surface area (Å²) in [5.41, 5.74) is 2.87. The summed E-state index contributed by atoms with van der Waals surface area (Å²) in [7, 11) is 4.56. The normalized spacial score (nSPS) is 11.2. The number of aromatic amines is 1. The molecule has 0 aliphatic rings. The summed E-state index contributed by atoms with van der Waals surface area (Å²) >= 11 is 0. The van der Waals surface area contributed by atoms with E-state index < -0.39 is 0 Å². The lowest BCUT2D eigenvalue weighted by atomic mass is 10.1. The van der Waals surface area contributed by atoms with E-state index in [2.05, 4.69) is 46.7 Å². The maximum absolute atomic E-state index is 13.2. The lowest BCUT2D eigenvalue weighted by Gasteiger charge is -2.13. The van der Waals surface area contributed by atoms with Gasteiger partial charge in [0, 0.05) is 34.3 Å². The average molecular weight is 419 g/mol. The Balaban J connectivity index is 1.75. The molecule has 0 spiro atoms. The number of nitrogens with zero attached hydrogens (tertiary/aromatic N) is 2. The van der Waals surface area contributed by atoms with Gasteiger partial charge in [0.15, 0.2) is 11.5 Å². The zero-order chi connectivity index (χ0) is 22.1. The minimum Gasteiger partial charge on any atom is -0.493 e. The Hall–Kier alpha value is -3.74. The minimum atomic E-state index is -0.217. The fourth-order valence-electron chi connectivity index (χ4n) is 3.76. The van der Waals surface area contributed by atoms with Gasteiger partial charge >= 0.3 is 0 Å². The summed E-state index contributed by atoms with van der Waals surface area (Å²) in [6.07, 6.45) is 3.63. The van der Waals surface area contributed by atoms with Crippen molar-refractivity contribution in [2.45, 2.75) is 19.9 Å². The van der Waals surface area contributed by atoms with Crippen LogP contribution in [-0.4, -0.2) is 41.6 Å². The second-order valence-corrected chi connectivity index (χ2v) is 7.45. The Bertz CT molecular complexity index is 1230. The van der Waals surface area contributed by atoms with Crippen LogP contribution in [0.1, 0.15) is 35.9 Å². The van der Waals surface area contributed by atoms with E-state index in [1.165, 1.54) is 21.3 Å². The number of benzene rings is 2. The lowest BCUT2D eigenvalue weighted by Crippen LogP contribution is -2.04. The van der Waals surface area contributed by atoms with Crippen molar-refractivity contribution in [3.63, 3.8) is 0 Å². The predicted octanol–water partition coefficient (Wildman–Crippen LogP) is 4.87. The number of para-hydroxylation sites is 1. The van der Waals surface area contributed by atoms with Crippen molar-refractivity contribution < 1.29 is 19.0 Å². The third kappa shape index (κ3) is 3.52. The van der Waals surface area contributed by atoms with Gasteiger partial charge in [-0.25, -0.2) is 4.98 Å². The van der Waals surface area contributed by atoms with Crippen LogP contribution in [0.3, 0.4) is 0 Å². The molecule has 4 aromatic rings. The van der Waals surface area contributed by atoms with Crippen LogP contribution >= 0.6 is 0 Å². The highest BCUT2D eigenvalue weighted by Crippen LogP contribution is 2.39. The first kappa shape index (κ1) is 20.5. The first-order chi connectivity index (χ1) is 15.0. The number of carbonyl (C=O) groups is 1. The van der Waals surface area contributed by atoms with Crippen LogP contribution in [0.4, 0.5) is 0 Å². The number of aromatic nitrogens is 3. The van der Waals surface area contributed by atoms with Gasteiger partial charge in [-0.15, -0.1) is 0 Å². The highest BCUT2D eigenvalue weighted by Gasteiger charge is 2.21. The van der Waals surface area contributed by atoms with Crippen LogP contribution in [0, 0.1) is 0 Å². The predicted molar refractivity (Wildman–Crippen MR) is 119 cm³/mol. The first-order valence-corrected chi connectivity index (χ1v) is 9.98. The van der Waals surface area contributed by atoms with Crippen molar-refractivity contribution in [3.05, 3.63) is 60.0 Å². The Kier molecular flexibility index (Phi) is 5.42. The van der Waals surface area contributed by atoms with Crippen molar-refractivity contribution in [2.75, 3.05) is 21.3 Å². The molecule has 7 nitrogen and oxygen atoms in total. The largest absolute Gasteiger partial charge is 0.493 e. The number of ether oxygens (including phenoxy) is 3. The average Bonchev–Trinajstić information content (AvgIpc) is 3.42. The topological polar surface area (TPSA) is 78.4 Å². The van der Waals surface area contributed by atoms with Crippen LogP contribution < -0.4 is 14.2 Å². The summed E-state index contributed by atoms with van der Waals surface area (Å²) in [4.78, 5) is 20.9. The van der Waals surface area contributed by atoms with Crippen molar-refractivity contribution in [3.8, 4) is 28.6 Å². The number of hydrogen-bond donors (Lipinski definition) is 1. The standard InChI is InChI=1S/C24H25N3O4/c1-14(2)27-13-17(16-8-6-7-9-19(16)27)24-25-12-18(26-24)22(28)15-10-20(29-3)23(31-5)21(11-15)30-4/h6-14H,1-5H3,(H,25,26). The molecule has 4 rings (SSSR count). The molecule has 0 unspecified atom stereocenters. The molecule has 2 aromatic carbocycles. The number of rotatable bonds is 7. The molecule has 0 fully saturated rings. The molecule has 0 saturated carbocycles. The van der Waals surface area contributed by atoms with E-state index in [0.29, 0.717) is 40.4 Å². The zero-order valence-corrected chi connectivity index (χ0v) is 18.2. The zero-order valence-electron chi connectivity index (χ0n) is 18.2. The number of carbonyl (C=O) groups excluding carboxylic acids is 1. The van der Waals surface area contributed by atoms with Gasteiger partial charge in [0.05, 0.1) is 27.5 Å². The Morgan fingerprint density at radius 2 is 1.71 bits per heavy atom. The minimum absolute atomic E-state index is 0.217. The van der Waals surface area contributed by atoms with Gasteiger partial charge in [-0.2, -0.15) is 0 Å². The second kappa shape index (κ2) is 8.18. The van der Waals surface area contributed by atoms with Crippen molar-refractivity contribution in [2.24, 2.45) is 0 Å². The molecular weight excluding hydrogens is 394 g/mol. The number of nitrogens with one attached hydrogen (secondary N) is 1. The number of methoxy groups -OCH3 is 3. The third-order valence-electron chi connectivity index (χ3n) is 5.30. The molecule has 0 saturated heterocycles. The Labute approximate surface area is 180 Å². The monoisotopic (exact) mass is 419 g/mol. The van der Waals surface area contributed by atoms with E-state index in [1.807, 2.05) is 12.1 Å². The molecule has 0 atom stereocenters. The highest BCUT2D eigenvalue weighted by atomic mass is 16.5. The quantitative estimate of drug-likeness (QED) is 0.433. The number of imidazole rings is 1. The van der Waals surface area contributed by atoms with Crippen LogP contribution in [0.5, 0.6) is 17.2 Å². The third-order valence-corrected chi connectivity index (χ3v) is 5.30. The van der Waals surface area contributed by atoms with Gasteiger partial charge in [0.25, 0.3) is 0 Å². The molecule has 31 heavy (non-hydrogen) atoms. The van der Waals surface area contributed by atoms with E-state index in [1.54, 1.807) is 18.3 Å². The maximum atomic E-state index is 13.2. The molecule has 1 N–H and O–H groups in total. The highest BCUT2D eigenvalue weighted by molar-refractivity contribution is 6.09. The first-order valence-electron chi connectivity index (χ1n) is 9.98. The number of H-pyrrole nitrogens is 1. The summed E-state index contributed by atoms with van der Waals surface area (Å²) in [5, 5.41) is 1.08. The molecule has 0 aliphatic heterocycles. The van der Waals surface area contributed by atoms with Crippen molar-refractivity contribution in [1.29, 1.82) is 0 Å². The fraction of sp³-hybridized carbons (Fsp3) is 0.250. The molecule has 2 heterocycles. The van der Waals surface area contributed by atoms with Crippen LogP contribution in [0.15, 0.2) is 48.8 Å². The van der Waals surface area contributed by atoms with Crippen molar-refractivity contribution >= 4 is 16.7 Å². The molecule has 0 amide bonds. The molecule has 2 aromatic heterocycles. The second-order valence-electron chi connectivity index (χ2n) is 7.45. The van der Waals surface area contributed by atoms with Crippen LogP contribution in [-0.2, 0) is 0 Å². The van der Waals surface area contributed by atoms with Gasteiger partial charge in [0.1, 0.15) is 11.5 Å². The summed E-state index contributed by atoms with van der Waals surface area (Å²) in [6, 6.07) is 11.7. The number of ketones is 1. The van der Waals surface area contributed by atoms with E-state index in [-0.39, 0.29) is 5.78 Å². The van der Waals surface area contributed by atoms with Crippen molar-refractivity contribution in [1.82, 2.24) is 14.5 Å². The summed E-state index contributed by atoms with van der Waals surface area (Å²) in [6.45, 7) is 4.27. The van der Waals surface area contributed by atoms with E-state index in [4.69, 9.17) is 14.2 Å². The van der Waals surface area contributed by atoms with Crippen LogP contribution in [0.25, 0.3) is 22.3 Å². The Morgan fingerprint density at radius 1 is 1.03 bits per heavy atom.